The first kappa shape index (κ1) is 19.2. The molecule has 0 aromatic rings. The quantitative estimate of drug-likeness (QED) is 0.726. The van der Waals surface area contributed by atoms with E-state index < -0.39 is 24.3 Å². The van der Waals surface area contributed by atoms with Gasteiger partial charge < -0.3 is 10.6 Å². The Balaban J connectivity index is 2.60. The summed E-state index contributed by atoms with van der Waals surface area (Å²) in [6.45, 7) is 3.92. The van der Waals surface area contributed by atoms with E-state index >= 15 is 0 Å². The summed E-state index contributed by atoms with van der Waals surface area (Å²) in [5, 5.41) is 0. The maximum atomic E-state index is 13.1. The highest BCUT2D eigenvalue weighted by Crippen LogP contribution is 2.29. The summed E-state index contributed by atoms with van der Waals surface area (Å²) in [6, 6.07) is 0. The van der Waals surface area contributed by atoms with Crippen molar-refractivity contribution in [3.63, 3.8) is 0 Å². The van der Waals surface area contributed by atoms with E-state index in [1.165, 1.54) is 4.90 Å². The van der Waals surface area contributed by atoms with Crippen LogP contribution in [0.4, 0.5) is 17.6 Å². The number of alkyl halides is 4. The molecule has 8 heteroatoms. The summed E-state index contributed by atoms with van der Waals surface area (Å²) in [5.41, 5.74) is 5.12. The number of nitrogens with two attached hydrogens (primary N) is 1. The molecular formula is C14H25F4N3O. The Kier molecular flexibility index (Phi) is 6.61. The van der Waals surface area contributed by atoms with Gasteiger partial charge in [-0.25, -0.2) is 8.78 Å². The first-order valence-electron chi connectivity index (χ1n) is 7.60. The monoisotopic (exact) mass is 327 g/mol. The number of nitrogens with zero attached hydrogens (tertiary/aromatic N) is 2. The minimum Gasteiger partial charge on any atom is -0.340 e. The zero-order valence-corrected chi connectivity index (χ0v) is 13.1. The lowest BCUT2D eigenvalue weighted by molar-refractivity contribution is -0.152. The Morgan fingerprint density at radius 1 is 1.14 bits per heavy atom. The standard InChI is InChI=1S/C14H25F4N3O/c1-3-13(4-2,9-19)12(22)21-7-5-20(6-8-21)10-14(17,18)11(15)16/h11H,3-10,19H2,1-2H3. The summed E-state index contributed by atoms with van der Waals surface area (Å²) < 4.78 is 50.5. The van der Waals surface area contributed by atoms with Gasteiger partial charge in [0.1, 0.15) is 0 Å². The zero-order valence-electron chi connectivity index (χ0n) is 13.1. The van der Waals surface area contributed by atoms with Crippen LogP contribution in [-0.4, -0.2) is 67.3 Å². The van der Waals surface area contributed by atoms with Crippen molar-refractivity contribution >= 4 is 5.91 Å². The summed E-state index contributed by atoms with van der Waals surface area (Å²) in [5.74, 6) is -4.08. The number of piperazine rings is 1. The molecule has 0 unspecified atom stereocenters. The van der Waals surface area contributed by atoms with Gasteiger partial charge in [-0.15, -0.1) is 0 Å². The van der Waals surface area contributed by atoms with Gasteiger partial charge in [0.2, 0.25) is 5.91 Å². The summed E-state index contributed by atoms with van der Waals surface area (Å²) in [6.07, 6.45) is -2.44. The largest absolute Gasteiger partial charge is 0.340 e. The molecule has 2 N–H and O–H groups in total. The van der Waals surface area contributed by atoms with E-state index in [1.54, 1.807) is 4.90 Å². The fourth-order valence-corrected chi connectivity index (χ4v) is 2.74. The molecule has 0 bridgehead atoms. The van der Waals surface area contributed by atoms with E-state index in [1.807, 2.05) is 13.8 Å². The van der Waals surface area contributed by atoms with Crippen molar-refractivity contribution in [1.82, 2.24) is 9.80 Å². The Labute approximate surface area is 128 Å². The number of amides is 1. The Morgan fingerprint density at radius 3 is 2.00 bits per heavy atom. The number of hydrogen-bond acceptors (Lipinski definition) is 3. The smallest absolute Gasteiger partial charge is 0.319 e. The lowest BCUT2D eigenvalue weighted by atomic mass is 9.81. The van der Waals surface area contributed by atoms with Crippen LogP contribution in [0.15, 0.2) is 0 Å². The first-order valence-corrected chi connectivity index (χ1v) is 7.60. The summed E-state index contributed by atoms with van der Waals surface area (Å²) >= 11 is 0. The van der Waals surface area contributed by atoms with Crippen molar-refractivity contribution in [3.8, 4) is 0 Å². The van der Waals surface area contributed by atoms with Crippen LogP contribution in [0.25, 0.3) is 0 Å². The third-order valence-corrected chi connectivity index (χ3v) is 4.61. The summed E-state index contributed by atoms with van der Waals surface area (Å²) in [7, 11) is 0. The molecule has 1 aliphatic rings. The van der Waals surface area contributed by atoms with Crippen molar-refractivity contribution in [1.29, 1.82) is 0 Å². The average molecular weight is 327 g/mol. The first-order chi connectivity index (χ1) is 10.2. The van der Waals surface area contributed by atoms with Crippen LogP contribution >= 0.6 is 0 Å². The zero-order chi connectivity index (χ0) is 17.0. The lowest BCUT2D eigenvalue weighted by Crippen LogP contribution is -2.56. The molecule has 1 heterocycles. The van der Waals surface area contributed by atoms with Gasteiger partial charge in [0.15, 0.2) is 0 Å². The molecule has 0 atom stereocenters. The molecule has 22 heavy (non-hydrogen) atoms. The minimum absolute atomic E-state index is 0.0692. The van der Waals surface area contributed by atoms with Crippen LogP contribution in [0.5, 0.6) is 0 Å². The maximum absolute atomic E-state index is 13.1. The molecule has 1 aliphatic heterocycles. The molecule has 1 rings (SSSR count). The Bertz CT molecular complexity index is 359. The second-order valence-corrected chi connectivity index (χ2v) is 5.82. The number of carbonyl (C=O) groups excluding carboxylic acids is 1. The van der Waals surface area contributed by atoms with Gasteiger partial charge in [0, 0.05) is 32.7 Å². The molecule has 1 fully saturated rings. The fourth-order valence-electron chi connectivity index (χ4n) is 2.74. The van der Waals surface area contributed by atoms with E-state index in [9.17, 15) is 22.4 Å². The van der Waals surface area contributed by atoms with Gasteiger partial charge >= 0.3 is 12.3 Å². The number of rotatable bonds is 7. The van der Waals surface area contributed by atoms with Crippen LogP contribution in [-0.2, 0) is 4.79 Å². The molecule has 0 spiro atoms. The highest BCUT2D eigenvalue weighted by molar-refractivity contribution is 5.83. The highest BCUT2D eigenvalue weighted by atomic mass is 19.3. The number of halogens is 4. The SMILES string of the molecule is CCC(CC)(CN)C(=O)N1CCN(CC(F)(F)C(F)F)CC1. The lowest BCUT2D eigenvalue weighted by Gasteiger charge is -2.40. The predicted molar refractivity (Wildman–Crippen MR) is 76.0 cm³/mol. The predicted octanol–water partition coefficient (Wildman–Crippen LogP) is 1.80. The molecule has 0 aliphatic carbocycles. The van der Waals surface area contributed by atoms with Crippen molar-refractivity contribution in [2.24, 2.45) is 11.1 Å². The van der Waals surface area contributed by atoms with Crippen molar-refractivity contribution in [2.45, 2.75) is 39.0 Å². The molecule has 1 saturated heterocycles. The molecule has 0 aromatic heterocycles. The number of hydrogen-bond donors (Lipinski definition) is 1. The van der Waals surface area contributed by atoms with Gasteiger partial charge in [-0.2, -0.15) is 8.78 Å². The maximum Gasteiger partial charge on any atom is 0.319 e. The molecule has 0 radical (unpaired) electrons. The van der Waals surface area contributed by atoms with E-state index in [0.717, 1.165) is 0 Å². The molecule has 130 valence electrons. The van der Waals surface area contributed by atoms with Crippen LogP contribution < -0.4 is 5.73 Å². The third-order valence-electron chi connectivity index (χ3n) is 4.61. The Morgan fingerprint density at radius 2 is 1.64 bits per heavy atom. The van der Waals surface area contributed by atoms with Gasteiger partial charge in [-0.1, -0.05) is 13.8 Å². The van der Waals surface area contributed by atoms with Gasteiger partial charge in [0.25, 0.3) is 0 Å². The van der Waals surface area contributed by atoms with Crippen molar-refractivity contribution in [2.75, 3.05) is 39.3 Å². The third kappa shape index (κ3) is 4.10. The van der Waals surface area contributed by atoms with E-state index in [2.05, 4.69) is 0 Å². The van der Waals surface area contributed by atoms with Crippen LogP contribution in [0.3, 0.4) is 0 Å². The van der Waals surface area contributed by atoms with Crippen LogP contribution in [0.2, 0.25) is 0 Å². The van der Waals surface area contributed by atoms with Gasteiger partial charge in [-0.3, -0.25) is 9.69 Å². The van der Waals surface area contributed by atoms with Crippen molar-refractivity contribution in [3.05, 3.63) is 0 Å². The molecule has 0 aromatic carbocycles. The normalized spacial score (nSPS) is 18.1. The molecule has 1 amide bonds. The van der Waals surface area contributed by atoms with Gasteiger partial charge in [-0.05, 0) is 12.8 Å². The average Bonchev–Trinajstić information content (AvgIpc) is 2.49. The molecule has 4 nitrogen and oxygen atoms in total. The second-order valence-electron chi connectivity index (χ2n) is 5.82. The highest BCUT2D eigenvalue weighted by Gasteiger charge is 2.43. The van der Waals surface area contributed by atoms with Crippen LogP contribution in [0, 0.1) is 5.41 Å². The Hall–Kier alpha value is -0.890. The van der Waals surface area contributed by atoms with Gasteiger partial charge in [0.05, 0.1) is 12.0 Å². The van der Waals surface area contributed by atoms with E-state index in [0.29, 0.717) is 12.8 Å². The fraction of sp³-hybridized carbons (Fsp3) is 0.929. The van der Waals surface area contributed by atoms with E-state index in [-0.39, 0.29) is 38.6 Å². The van der Waals surface area contributed by atoms with Crippen LogP contribution in [0.1, 0.15) is 26.7 Å². The van der Waals surface area contributed by atoms with Crippen molar-refractivity contribution < 1.29 is 22.4 Å². The molecular weight excluding hydrogens is 302 g/mol. The van der Waals surface area contributed by atoms with E-state index in [4.69, 9.17) is 5.73 Å². The molecule has 0 saturated carbocycles. The summed E-state index contributed by atoms with van der Waals surface area (Å²) in [4.78, 5) is 15.5. The minimum atomic E-state index is -4.01. The second kappa shape index (κ2) is 7.59. The topological polar surface area (TPSA) is 49.6 Å². The number of carbonyl (C=O) groups is 1.